The van der Waals surface area contributed by atoms with Crippen molar-refractivity contribution in [2.45, 2.75) is 214 Å². The van der Waals surface area contributed by atoms with E-state index in [2.05, 4.69) is 5.32 Å². The second kappa shape index (κ2) is 32.5. The molecule has 24 unspecified atom stereocenters. The summed E-state index contributed by atoms with van der Waals surface area (Å²) in [6.07, 6.45) is -1.91. The molecule has 3 aliphatic heterocycles. The lowest BCUT2D eigenvalue weighted by Crippen LogP contribution is -2.66. The number of carbonyl (C=O) groups excluding carboxylic acids is 2. The van der Waals surface area contributed by atoms with Gasteiger partial charge >= 0.3 is 11.9 Å². The number of hydrogen-bond acceptors (Lipinski definition) is 21. The van der Waals surface area contributed by atoms with Crippen molar-refractivity contribution in [2.24, 2.45) is 29.4 Å². The molecular weight excluding hydrogens is 1040 g/mol. The Hall–Kier alpha value is -4.09. The normalized spacial score (nSPS) is 45.3. The van der Waals surface area contributed by atoms with Gasteiger partial charge in [0.15, 0.2) is 12.1 Å². The van der Waals surface area contributed by atoms with Crippen LogP contribution in [0.15, 0.2) is 85.1 Å². The van der Waals surface area contributed by atoms with E-state index in [1.165, 1.54) is 13.0 Å². The summed E-state index contributed by atoms with van der Waals surface area (Å²) in [5.74, 6) is -8.52. The van der Waals surface area contributed by atoms with Crippen molar-refractivity contribution in [3.63, 3.8) is 0 Å². The van der Waals surface area contributed by atoms with Gasteiger partial charge in [0.25, 0.3) is 0 Å². The van der Waals surface area contributed by atoms with E-state index in [0.29, 0.717) is 0 Å². The Balaban J connectivity index is 1.59. The SMILES string of the molecule is CC(=O)NC1C(OC2C(C)OC(OC3/C=C/C=C/C=C/C=C/C=C/C=C/C=C/C(C)C(O)C(C)C(C)OC(=O)CC(O)CC(O)CC(O)CCC(O)C(O)CC4(O)CC(O)C(C(=O)O)C(C3)O4)C(O)C2N)CC(CO)C(O)C1O. The summed E-state index contributed by atoms with van der Waals surface area (Å²) >= 11 is 0. The average Bonchev–Trinajstić information content (AvgIpc) is 3.36. The molecule has 0 aromatic carbocycles. The number of nitrogens with one attached hydrogen (secondary N) is 1. The highest BCUT2D eigenvalue weighted by Crippen LogP contribution is 2.39. The van der Waals surface area contributed by atoms with E-state index >= 15 is 0 Å². The fourth-order valence-corrected chi connectivity index (χ4v) is 10.4. The van der Waals surface area contributed by atoms with Crippen LogP contribution >= 0.6 is 0 Å². The monoisotopic (exact) mass is 1120 g/mol. The summed E-state index contributed by atoms with van der Waals surface area (Å²) in [5, 5.41) is 144. The van der Waals surface area contributed by atoms with Crippen molar-refractivity contribution in [3.05, 3.63) is 85.1 Å². The minimum absolute atomic E-state index is 0.0141. The van der Waals surface area contributed by atoms with Gasteiger partial charge < -0.3 is 101 Å². The minimum atomic E-state index is -2.43. The molecule has 24 atom stereocenters. The fraction of sp³-hybridized carbons (Fsp3) is 0.696. The zero-order valence-electron chi connectivity index (χ0n) is 45.6. The number of ether oxygens (including phenoxy) is 5. The van der Waals surface area contributed by atoms with Gasteiger partial charge in [-0.2, -0.15) is 0 Å². The molecule has 0 aromatic heterocycles. The van der Waals surface area contributed by atoms with Crippen molar-refractivity contribution in [1.29, 1.82) is 0 Å². The maximum Gasteiger partial charge on any atom is 0.311 e. The molecule has 1 amide bonds. The predicted molar refractivity (Wildman–Crippen MR) is 284 cm³/mol. The van der Waals surface area contributed by atoms with Gasteiger partial charge in [-0.05, 0) is 46.0 Å². The lowest BCUT2D eigenvalue weighted by atomic mass is 9.79. The number of rotatable bonds is 7. The van der Waals surface area contributed by atoms with Crippen LogP contribution < -0.4 is 11.1 Å². The maximum atomic E-state index is 12.7. The Morgan fingerprint density at radius 2 is 1.25 bits per heavy atom. The van der Waals surface area contributed by atoms with Gasteiger partial charge in [-0.1, -0.05) is 98.9 Å². The van der Waals surface area contributed by atoms with Gasteiger partial charge in [-0.3, -0.25) is 14.4 Å². The van der Waals surface area contributed by atoms with Crippen LogP contribution in [0.5, 0.6) is 0 Å². The van der Waals surface area contributed by atoms with Crippen LogP contribution in [0.4, 0.5) is 0 Å². The third-order valence-corrected chi connectivity index (χ3v) is 15.1. The first-order chi connectivity index (χ1) is 37.2. The number of allylic oxidation sites excluding steroid dienone is 12. The molecule has 3 heterocycles. The van der Waals surface area contributed by atoms with Crippen LogP contribution in [0.3, 0.4) is 0 Å². The number of carboxylic acids is 1. The molecule has 0 aromatic rings. The van der Waals surface area contributed by atoms with Gasteiger partial charge in [-0.25, -0.2) is 0 Å². The van der Waals surface area contributed by atoms with E-state index in [4.69, 9.17) is 29.4 Å². The van der Waals surface area contributed by atoms with Crippen molar-refractivity contribution in [3.8, 4) is 0 Å². The van der Waals surface area contributed by atoms with E-state index in [0.717, 1.165) is 0 Å². The number of aliphatic hydroxyl groups is 12. The molecule has 79 heavy (non-hydrogen) atoms. The van der Waals surface area contributed by atoms with Gasteiger partial charge in [0.05, 0.1) is 91.8 Å². The molecule has 1 aliphatic carbocycles. The fourth-order valence-electron chi connectivity index (χ4n) is 10.4. The van der Waals surface area contributed by atoms with E-state index in [1.807, 2.05) is 6.92 Å². The summed E-state index contributed by atoms with van der Waals surface area (Å²) in [4.78, 5) is 37.5. The summed E-state index contributed by atoms with van der Waals surface area (Å²) in [6.45, 7) is 7.44. The van der Waals surface area contributed by atoms with Crippen LogP contribution in [-0.2, 0) is 38.1 Å². The van der Waals surface area contributed by atoms with Crippen LogP contribution in [0.2, 0.25) is 0 Å². The average molecular weight is 1130 g/mol. The number of aliphatic carboxylic acids is 1. The van der Waals surface area contributed by atoms with E-state index in [9.17, 15) is 80.8 Å². The summed E-state index contributed by atoms with van der Waals surface area (Å²) in [7, 11) is 0. The lowest BCUT2D eigenvalue weighted by molar-refractivity contribution is -0.312. The standard InChI is InChI=1S/C56H88N2O21/c1-30-18-16-14-12-10-8-6-7-9-11-13-15-17-19-39(77-55-51(70)47(57)53(33(4)76-55)78-44-22-35(29-59)50(69)52(71)48(44)58-34(5)60)26-43-46(54(72)73)42(66)28-56(74,79-43)27-41(65)40(64)21-20-36(61)23-37(62)24-38(63)25-45(67)75-32(3)31(2)49(30)68/h6-19,30-33,35-44,46-53,55,59,61-66,68-71,74H,20-29,57H2,1-5H3,(H,58,60)(H,72,73)/b7-6+,10-8+,11-9+,14-12+,15-13+,18-16+,19-17+. The highest BCUT2D eigenvalue weighted by Gasteiger charge is 2.52. The summed E-state index contributed by atoms with van der Waals surface area (Å²) in [5.41, 5.74) is 6.59. The Morgan fingerprint density at radius 1 is 0.684 bits per heavy atom. The molecule has 4 aliphatic rings. The molecule has 448 valence electrons. The Kier molecular flexibility index (Phi) is 27.8. The zero-order chi connectivity index (χ0) is 58.7. The largest absolute Gasteiger partial charge is 0.481 e. The second-order valence-corrected chi connectivity index (χ2v) is 21.6. The van der Waals surface area contributed by atoms with Crippen molar-refractivity contribution in [2.75, 3.05) is 6.61 Å². The van der Waals surface area contributed by atoms with Gasteiger partial charge in [0.2, 0.25) is 5.91 Å². The molecule has 0 spiro atoms. The first kappa shape index (κ1) is 67.4. The van der Waals surface area contributed by atoms with Gasteiger partial charge in [0, 0.05) is 50.5 Å². The number of fused-ring (bicyclic) bond motifs is 2. The van der Waals surface area contributed by atoms with Crippen molar-refractivity contribution >= 4 is 17.8 Å². The number of amides is 1. The first-order valence-electron chi connectivity index (χ1n) is 27.2. The van der Waals surface area contributed by atoms with Crippen molar-refractivity contribution < 1.29 is 104 Å². The highest BCUT2D eigenvalue weighted by molar-refractivity contribution is 5.73. The lowest BCUT2D eigenvalue weighted by Gasteiger charge is -2.48. The smallest absolute Gasteiger partial charge is 0.311 e. The molecule has 2 bridgehead atoms. The Morgan fingerprint density at radius 3 is 1.84 bits per heavy atom. The third kappa shape index (κ3) is 21.0. The quantitative estimate of drug-likeness (QED) is 0.141. The van der Waals surface area contributed by atoms with Gasteiger partial charge in [0.1, 0.15) is 30.3 Å². The molecule has 3 fully saturated rings. The number of cyclic esters (lactones) is 1. The molecule has 23 nitrogen and oxygen atoms in total. The first-order valence-corrected chi connectivity index (χ1v) is 27.2. The second-order valence-electron chi connectivity index (χ2n) is 21.6. The zero-order valence-corrected chi connectivity index (χ0v) is 45.6. The molecule has 0 radical (unpaired) electrons. The molecule has 16 N–H and O–H groups in total. The predicted octanol–water partition coefficient (Wildman–Crippen LogP) is -0.657. The number of esters is 1. The van der Waals surface area contributed by atoms with E-state index in [-0.39, 0.29) is 38.0 Å². The number of hydrogen-bond donors (Lipinski definition) is 15. The molecule has 2 saturated heterocycles. The van der Waals surface area contributed by atoms with Crippen molar-refractivity contribution in [1.82, 2.24) is 5.32 Å². The number of carboxylic acid groups (broad SMARTS) is 1. The Bertz CT molecular complexity index is 2100. The summed E-state index contributed by atoms with van der Waals surface area (Å²) < 4.78 is 30.2. The Labute approximate surface area is 461 Å². The topological polar surface area (TPSA) is 398 Å². The third-order valence-electron chi connectivity index (χ3n) is 15.1. The molecule has 23 heteroatoms. The number of nitrogens with two attached hydrogens (primary N) is 1. The van der Waals surface area contributed by atoms with E-state index < -0.39 is 190 Å². The maximum absolute atomic E-state index is 12.7. The highest BCUT2D eigenvalue weighted by atomic mass is 16.7. The van der Waals surface area contributed by atoms with Gasteiger partial charge in [-0.15, -0.1) is 0 Å². The van der Waals surface area contributed by atoms with Crippen LogP contribution in [0.25, 0.3) is 0 Å². The molecular formula is C56H88N2O21. The van der Waals surface area contributed by atoms with E-state index in [1.54, 1.807) is 99.8 Å². The number of aliphatic hydroxyl groups excluding tert-OH is 11. The van der Waals surface area contributed by atoms with Crippen LogP contribution in [-0.4, -0.2) is 213 Å². The molecule has 1 saturated carbocycles. The summed E-state index contributed by atoms with van der Waals surface area (Å²) in [6, 6.07) is -2.39. The van der Waals surface area contributed by atoms with Crippen LogP contribution in [0.1, 0.15) is 92.4 Å². The number of carbonyl (C=O) groups is 3. The minimum Gasteiger partial charge on any atom is -0.481 e. The van der Waals surface area contributed by atoms with Crippen LogP contribution in [0, 0.1) is 23.7 Å². The molecule has 4 rings (SSSR count).